The van der Waals surface area contributed by atoms with Crippen LogP contribution in [0.15, 0.2) is 30.5 Å². The molecule has 0 fully saturated rings. The van der Waals surface area contributed by atoms with E-state index in [4.69, 9.17) is 5.73 Å². The van der Waals surface area contributed by atoms with E-state index in [2.05, 4.69) is 57.1 Å². The Morgan fingerprint density at radius 3 is 2.32 bits per heavy atom. The van der Waals surface area contributed by atoms with Gasteiger partial charge in [0.2, 0.25) is 0 Å². The summed E-state index contributed by atoms with van der Waals surface area (Å²) >= 11 is 0. The first-order valence-corrected chi connectivity index (χ1v) is 6.78. The van der Waals surface area contributed by atoms with Crippen LogP contribution in [0, 0.1) is 6.92 Å². The molecule has 102 valence electrons. The Balaban J connectivity index is 2.32. The molecule has 2 rings (SSSR count). The van der Waals surface area contributed by atoms with Crippen molar-refractivity contribution in [3.63, 3.8) is 0 Å². The van der Waals surface area contributed by atoms with Crippen LogP contribution < -0.4 is 5.73 Å². The van der Waals surface area contributed by atoms with Crippen LogP contribution in [0.3, 0.4) is 0 Å². The van der Waals surface area contributed by atoms with Crippen molar-refractivity contribution < 1.29 is 0 Å². The van der Waals surface area contributed by atoms with Gasteiger partial charge in [0.1, 0.15) is 0 Å². The predicted molar refractivity (Wildman–Crippen MR) is 79.8 cm³/mol. The summed E-state index contributed by atoms with van der Waals surface area (Å²) in [5.74, 6) is 0. The quantitative estimate of drug-likeness (QED) is 0.918. The Bertz CT molecular complexity index is 544. The zero-order valence-corrected chi connectivity index (χ0v) is 12.3. The molecule has 0 saturated heterocycles. The molecule has 0 spiro atoms. The van der Waals surface area contributed by atoms with E-state index in [1.54, 1.807) is 0 Å². The highest BCUT2D eigenvalue weighted by Gasteiger charge is 2.14. The molecule has 0 atom stereocenters. The SMILES string of the molecule is Cc1c(CCN)cnn1-c1ccc(C(C)(C)C)cc1. The third-order valence-corrected chi connectivity index (χ3v) is 3.50. The van der Waals surface area contributed by atoms with Crippen LogP contribution >= 0.6 is 0 Å². The minimum Gasteiger partial charge on any atom is -0.330 e. The molecule has 0 amide bonds. The lowest BCUT2D eigenvalue weighted by Gasteiger charge is -2.19. The molecular formula is C16H23N3. The number of nitrogens with two attached hydrogens (primary N) is 1. The summed E-state index contributed by atoms with van der Waals surface area (Å²) in [6.07, 6.45) is 2.80. The van der Waals surface area contributed by atoms with Crippen LogP contribution in [0.1, 0.15) is 37.6 Å². The molecule has 1 aromatic carbocycles. The summed E-state index contributed by atoms with van der Waals surface area (Å²) < 4.78 is 1.98. The molecule has 2 N–H and O–H groups in total. The second-order valence-electron chi connectivity index (χ2n) is 6.00. The van der Waals surface area contributed by atoms with E-state index in [1.165, 1.54) is 16.8 Å². The Hall–Kier alpha value is -1.61. The molecule has 0 aliphatic rings. The molecular weight excluding hydrogens is 234 g/mol. The van der Waals surface area contributed by atoms with Crippen molar-refractivity contribution in [2.24, 2.45) is 5.73 Å². The molecule has 0 radical (unpaired) electrons. The average molecular weight is 257 g/mol. The molecule has 3 heteroatoms. The topological polar surface area (TPSA) is 43.8 Å². The van der Waals surface area contributed by atoms with Gasteiger partial charge in [-0.15, -0.1) is 0 Å². The highest BCUT2D eigenvalue weighted by atomic mass is 15.3. The lowest BCUT2D eigenvalue weighted by atomic mass is 9.87. The Labute approximate surface area is 115 Å². The van der Waals surface area contributed by atoms with E-state index in [0.29, 0.717) is 6.54 Å². The van der Waals surface area contributed by atoms with E-state index < -0.39 is 0 Å². The van der Waals surface area contributed by atoms with Crippen LogP contribution in [0.2, 0.25) is 0 Å². The highest BCUT2D eigenvalue weighted by molar-refractivity contribution is 5.38. The summed E-state index contributed by atoms with van der Waals surface area (Å²) in [5.41, 5.74) is 10.6. The van der Waals surface area contributed by atoms with Gasteiger partial charge in [-0.05, 0) is 48.6 Å². The molecule has 1 aromatic heterocycles. The Kier molecular flexibility index (Phi) is 3.76. The van der Waals surface area contributed by atoms with Crippen LogP contribution in [-0.4, -0.2) is 16.3 Å². The molecule has 0 aliphatic heterocycles. The van der Waals surface area contributed by atoms with Crippen LogP contribution in [-0.2, 0) is 11.8 Å². The Morgan fingerprint density at radius 1 is 1.16 bits per heavy atom. The molecule has 0 unspecified atom stereocenters. The number of rotatable bonds is 3. The fraction of sp³-hybridized carbons (Fsp3) is 0.438. The monoisotopic (exact) mass is 257 g/mol. The lowest BCUT2D eigenvalue weighted by Crippen LogP contribution is -2.11. The molecule has 0 bridgehead atoms. The number of nitrogens with zero attached hydrogens (tertiary/aromatic N) is 2. The summed E-state index contributed by atoms with van der Waals surface area (Å²) in [4.78, 5) is 0. The van der Waals surface area contributed by atoms with E-state index in [0.717, 1.165) is 12.1 Å². The van der Waals surface area contributed by atoms with Gasteiger partial charge in [0.25, 0.3) is 0 Å². The number of hydrogen-bond donors (Lipinski definition) is 1. The first-order chi connectivity index (χ1) is 8.93. The normalized spacial score (nSPS) is 11.8. The van der Waals surface area contributed by atoms with Gasteiger partial charge < -0.3 is 5.73 Å². The average Bonchev–Trinajstić information content (AvgIpc) is 2.71. The van der Waals surface area contributed by atoms with E-state index in [1.807, 2.05) is 10.9 Å². The number of benzene rings is 1. The van der Waals surface area contributed by atoms with Crippen molar-refractivity contribution in [3.8, 4) is 5.69 Å². The molecule has 0 aliphatic carbocycles. The zero-order chi connectivity index (χ0) is 14.0. The van der Waals surface area contributed by atoms with Gasteiger partial charge in [-0.25, -0.2) is 4.68 Å². The number of aromatic nitrogens is 2. The summed E-state index contributed by atoms with van der Waals surface area (Å²) in [6, 6.07) is 8.62. The fourth-order valence-electron chi connectivity index (χ4n) is 2.21. The molecule has 3 nitrogen and oxygen atoms in total. The lowest BCUT2D eigenvalue weighted by molar-refractivity contribution is 0.590. The zero-order valence-electron chi connectivity index (χ0n) is 12.3. The Morgan fingerprint density at radius 2 is 1.79 bits per heavy atom. The largest absolute Gasteiger partial charge is 0.330 e. The van der Waals surface area contributed by atoms with E-state index in [9.17, 15) is 0 Å². The van der Waals surface area contributed by atoms with Crippen molar-refractivity contribution >= 4 is 0 Å². The maximum absolute atomic E-state index is 5.61. The van der Waals surface area contributed by atoms with Crippen molar-refractivity contribution in [1.29, 1.82) is 0 Å². The number of hydrogen-bond acceptors (Lipinski definition) is 2. The maximum atomic E-state index is 5.61. The van der Waals surface area contributed by atoms with Gasteiger partial charge in [0.15, 0.2) is 0 Å². The smallest absolute Gasteiger partial charge is 0.0648 e. The van der Waals surface area contributed by atoms with Gasteiger partial charge in [-0.1, -0.05) is 32.9 Å². The van der Waals surface area contributed by atoms with E-state index >= 15 is 0 Å². The first-order valence-electron chi connectivity index (χ1n) is 6.78. The van der Waals surface area contributed by atoms with Crippen molar-refractivity contribution in [1.82, 2.24) is 9.78 Å². The molecule has 19 heavy (non-hydrogen) atoms. The van der Waals surface area contributed by atoms with E-state index in [-0.39, 0.29) is 5.41 Å². The second-order valence-corrected chi connectivity index (χ2v) is 6.00. The van der Waals surface area contributed by atoms with Crippen molar-refractivity contribution in [2.75, 3.05) is 6.54 Å². The highest BCUT2D eigenvalue weighted by Crippen LogP contribution is 2.23. The van der Waals surface area contributed by atoms with Gasteiger partial charge >= 0.3 is 0 Å². The van der Waals surface area contributed by atoms with Gasteiger partial charge in [0.05, 0.1) is 11.9 Å². The van der Waals surface area contributed by atoms with Gasteiger partial charge in [-0.3, -0.25) is 0 Å². The summed E-state index contributed by atoms with van der Waals surface area (Å²) in [7, 11) is 0. The van der Waals surface area contributed by atoms with Crippen molar-refractivity contribution in [2.45, 2.75) is 39.5 Å². The fourth-order valence-corrected chi connectivity index (χ4v) is 2.21. The minimum atomic E-state index is 0.183. The molecule has 2 aromatic rings. The van der Waals surface area contributed by atoms with Gasteiger partial charge in [-0.2, -0.15) is 5.10 Å². The second kappa shape index (κ2) is 5.17. The van der Waals surface area contributed by atoms with Crippen LogP contribution in [0.4, 0.5) is 0 Å². The van der Waals surface area contributed by atoms with Crippen molar-refractivity contribution in [3.05, 3.63) is 47.3 Å². The minimum absolute atomic E-state index is 0.183. The third kappa shape index (κ3) is 2.87. The standard InChI is InChI=1S/C16H23N3/c1-12-13(9-10-17)11-18-19(12)15-7-5-14(6-8-15)16(2,3)4/h5-8,11H,9-10,17H2,1-4H3. The predicted octanol–water partition coefficient (Wildman–Crippen LogP) is 2.98. The molecule has 1 heterocycles. The first kappa shape index (κ1) is 13.8. The summed E-state index contributed by atoms with van der Waals surface area (Å²) in [6.45, 7) is 9.42. The summed E-state index contributed by atoms with van der Waals surface area (Å²) in [5, 5.41) is 4.46. The maximum Gasteiger partial charge on any atom is 0.0648 e. The van der Waals surface area contributed by atoms with Crippen LogP contribution in [0.5, 0.6) is 0 Å². The molecule has 0 saturated carbocycles. The van der Waals surface area contributed by atoms with Crippen LogP contribution in [0.25, 0.3) is 5.69 Å². The van der Waals surface area contributed by atoms with Gasteiger partial charge in [0, 0.05) is 5.69 Å². The third-order valence-electron chi connectivity index (χ3n) is 3.50.